The molecule has 0 fully saturated rings. The first-order valence-corrected chi connectivity index (χ1v) is 10.1. The van der Waals surface area contributed by atoms with E-state index in [2.05, 4.69) is 30.1 Å². The standard InChI is InChI=1S/C23H28N2O4/c1-4-25(5-2)18-7-8-19(16(3)14-18)24-23(27)11-9-20(26)17-6-10-21-22(15-17)29-13-12-28-21/h6-8,10,14-15H,4-5,9,11-13H2,1-3H3,(H,24,27). The third-order valence-electron chi connectivity index (χ3n) is 5.06. The third-order valence-corrected chi connectivity index (χ3v) is 5.06. The van der Waals surface area contributed by atoms with E-state index in [1.165, 1.54) is 0 Å². The van der Waals surface area contributed by atoms with Crippen LogP contribution in [0.1, 0.15) is 42.6 Å². The minimum atomic E-state index is -0.172. The summed E-state index contributed by atoms with van der Waals surface area (Å²) in [6.07, 6.45) is 0.270. The van der Waals surface area contributed by atoms with Gasteiger partial charge in [-0.1, -0.05) is 0 Å². The molecule has 0 bridgehead atoms. The molecule has 0 radical (unpaired) electrons. The fourth-order valence-corrected chi connectivity index (χ4v) is 3.37. The lowest BCUT2D eigenvalue weighted by Gasteiger charge is -2.22. The van der Waals surface area contributed by atoms with E-state index in [1.807, 2.05) is 19.1 Å². The predicted octanol–water partition coefficient (Wildman–Crippen LogP) is 4.21. The Kier molecular flexibility index (Phi) is 6.75. The summed E-state index contributed by atoms with van der Waals surface area (Å²) in [4.78, 5) is 27.1. The summed E-state index contributed by atoms with van der Waals surface area (Å²) in [6, 6.07) is 11.1. The predicted molar refractivity (Wildman–Crippen MR) is 114 cm³/mol. The zero-order valence-electron chi connectivity index (χ0n) is 17.3. The number of hydrogen-bond donors (Lipinski definition) is 1. The lowest BCUT2D eigenvalue weighted by Crippen LogP contribution is -2.22. The Morgan fingerprint density at radius 1 is 0.966 bits per heavy atom. The number of benzene rings is 2. The number of rotatable bonds is 8. The first-order valence-electron chi connectivity index (χ1n) is 10.1. The smallest absolute Gasteiger partial charge is 0.224 e. The Balaban J connectivity index is 1.56. The molecule has 0 saturated heterocycles. The van der Waals surface area contributed by atoms with E-state index < -0.39 is 0 Å². The monoisotopic (exact) mass is 396 g/mol. The van der Waals surface area contributed by atoms with E-state index in [-0.39, 0.29) is 24.5 Å². The van der Waals surface area contributed by atoms with Crippen LogP contribution in [0.15, 0.2) is 36.4 Å². The Labute approximate surface area is 171 Å². The molecule has 1 aliphatic rings. The van der Waals surface area contributed by atoms with Gasteiger partial charge in [0.05, 0.1) is 0 Å². The lowest BCUT2D eigenvalue weighted by atomic mass is 10.1. The van der Waals surface area contributed by atoms with Gasteiger partial charge in [-0.2, -0.15) is 0 Å². The van der Waals surface area contributed by atoms with E-state index in [1.54, 1.807) is 18.2 Å². The second kappa shape index (κ2) is 9.45. The highest BCUT2D eigenvalue weighted by Crippen LogP contribution is 2.31. The maximum Gasteiger partial charge on any atom is 0.224 e. The molecule has 6 heteroatoms. The topological polar surface area (TPSA) is 67.9 Å². The van der Waals surface area contributed by atoms with Crippen molar-refractivity contribution in [3.63, 3.8) is 0 Å². The van der Waals surface area contributed by atoms with Gasteiger partial charge in [0, 0.05) is 42.9 Å². The Morgan fingerprint density at radius 3 is 2.38 bits per heavy atom. The number of anilines is 2. The molecule has 0 spiro atoms. The van der Waals surface area contributed by atoms with Crippen molar-refractivity contribution in [2.75, 3.05) is 36.5 Å². The molecule has 6 nitrogen and oxygen atoms in total. The Morgan fingerprint density at radius 2 is 1.69 bits per heavy atom. The minimum absolute atomic E-state index is 0.0919. The van der Waals surface area contributed by atoms with Crippen molar-refractivity contribution in [1.29, 1.82) is 0 Å². The van der Waals surface area contributed by atoms with Gasteiger partial charge in [0.15, 0.2) is 17.3 Å². The molecule has 0 atom stereocenters. The van der Waals surface area contributed by atoms with Gasteiger partial charge < -0.3 is 19.7 Å². The number of amides is 1. The van der Waals surface area contributed by atoms with Crippen molar-refractivity contribution < 1.29 is 19.1 Å². The first-order chi connectivity index (χ1) is 14.0. The van der Waals surface area contributed by atoms with Crippen molar-refractivity contribution in [1.82, 2.24) is 0 Å². The quantitative estimate of drug-likeness (QED) is 0.677. The van der Waals surface area contributed by atoms with Crippen LogP contribution in [0.4, 0.5) is 11.4 Å². The normalized spacial score (nSPS) is 12.4. The van der Waals surface area contributed by atoms with Gasteiger partial charge in [-0.15, -0.1) is 0 Å². The first kappa shape index (κ1) is 20.7. The van der Waals surface area contributed by atoms with E-state index in [4.69, 9.17) is 9.47 Å². The fraction of sp³-hybridized carbons (Fsp3) is 0.391. The highest BCUT2D eigenvalue weighted by Gasteiger charge is 2.16. The second-order valence-corrected chi connectivity index (χ2v) is 7.00. The summed E-state index contributed by atoms with van der Waals surface area (Å²) in [7, 11) is 0. The summed E-state index contributed by atoms with van der Waals surface area (Å²) in [6.45, 7) is 9.06. The van der Waals surface area contributed by atoms with Crippen LogP contribution in [-0.2, 0) is 4.79 Å². The molecule has 1 aliphatic heterocycles. The van der Waals surface area contributed by atoms with Crippen LogP contribution in [0.3, 0.4) is 0 Å². The fourth-order valence-electron chi connectivity index (χ4n) is 3.37. The summed E-state index contributed by atoms with van der Waals surface area (Å²) in [5.41, 5.74) is 3.44. The van der Waals surface area contributed by atoms with Gasteiger partial charge in [-0.3, -0.25) is 9.59 Å². The van der Waals surface area contributed by atoms with Gasteiger partial charge in [0.25, 0.3) is 0 Å². The Hall–Kier alpha value is -3.02. The van der Waals surface area contributed by atoms with E-state index in [0.717, 1.165) is 30.0 Å². The van der Waals surface area contributed by atoms with E-state index in [0.29, 0.717) is 30.3 Å². The van der Waals surface area contributed by atoms with E-state index >= 15 is 0 Å². The van der Waals surface area contributed by atoms with Crippen LogP contribution in [0.25, 0.3) is 0 Å². The zero-order valence-corrected chi connectivity index (χ0v) is 17.3. The molecule has 3 rings (SSSR count). The van der Waals surface area contributed by atoms with Gasteiger partial charge in [0.2, 0.25) is 5.91 Å². The SMILES string of the molecule is CCN(CC)c1ccc(NC(=O)CCC(=O)c2ccc3c(c2)OCCO3)c(C)c1. The highest BCUT2D eigenvalue weighted by atomic mass is 16.6. The number of ether oxygens (including phenoxy) is 2. The molecular weight excluding hydrogens is 368 g/mol. The van der Waals surface area contributed by atoms with Crippen LogP contribution < -0.4 is 19.7 Å². The number of carbonyl (C=O) groups excluding carboxylic acids is 2. The van der Waals surface area contributed by atoms with Crippen LogP contribution in [0, 0.1) is 6.92 Å². The molecule has 0 saturated carbocycles. The number of fused-ring (bicyclic) bond motifs is 1. The molecular formula is C23H28N2O4. The van der Waals surface area contributed by atoms with Crippen LogP contribution >= 0.6 is 0 Å². The number of Topliss-reactive ketones (excluding diaryl/α,β-unsaturated/α-hetero) is 1. The van der Waals surface area contributed by atoms with Gasteiger partial charge >= 0.3 is 0 Å². The molecule has 0 aromatic heterocycles. The molecule has 2 aromatic carbocycles. The van der Waals surface area contributed by atoms with Crippen molar-refractivity contribution in [3.8, 4) is 11.5 Å². The average Bonchev–Trinajstić information content (AvgIpc) is 2.74. The molecule has 1 heterocycles. The summed E-state index contributed by atoms with van der Waals surface area (Å²) >= 11 is 0. The third kappa shape index (κ3) is 5.08. The molecule has 0 unspecified atom stereocenters. The Bertz CT molecular complexity index is 890. The summed E-state index contributed by atoms with van der Waals surface area (Å²) < 4.78 is 11.0. The average molecular weight is 396 g/mol. The number of carbonyl (C=O) groups is 2. The number of nitrogens with zero attached hydrogens (tertiary/aromatic N) is 1. The molecule has 154 valence electrons. The molecule has 2 aromatic rings. The molecule has 0 aliphatic carbocycles. The lowest BCUT2D eigenvalue weighted by molar-refractivity contribution is -0.116. The number of aryl methyl sites for hydroxylation is 1. The number of nitrogens with one attached hydrogen (secondary N) is 1. The summed E-state index contributed by atoms with van der Waals surface area (Å²) in [5, 5.41) is 2.91. The number of ketones is 1. The number of hydrogen-bond acceptors (Lipinski definition) is 5. The molecule has 1 N–H and O–H groups in total. The maximum absolute atomic E-state index is 12.5. The van der Waals surface area contributed by atoms with Gasteiger partial charge in [-0.05, 0) is 62.7 Å². The second-order valence-electron chi connectivity index (χ2n) is 7.00. The molecule has 1 amide bonds. The summed E-state index contributed by atoms with van der Waals surface area (Å²) in [5.74, 6) is 0.963. The van der Waals surface area contributed by atoms with Gasteiger partial charge in [0.1, 0.15) is 13.2 Å². The van der Waals surface area contributed by atoms with Gasteiger partial charge in [-0.25, -0.2) is 0 Å². The largest absolute Gasteiger partial charge is 0.486 e. The van der Waals surface area contributed by atoms with Crippen molar-refractivity contribution >= 4 is 23.1 Å². The minimum Gasteiger partial charge on any atom is -0.486 e. The zero-order chi connectivity index (χ0) is 20.8. The van der Waals surface area contributed by atoms with Crippen LogP contribution in [-0.4, -0.2) is 38.0 Å². The van der Waals surface area contributed by atoms with Crippen molar-refractivity contribution in [2.45, 2.75) is 33.6 Å². The molecule has 29 heavy (non-hydrogen) atoms. The van der Waals surface area contributed by atoms with Crippen molar-refractivity contribution in [3.05, 3.63) is 47.5 Å². The maximum atomic E-state index is 12.5. The van der Waals surface area contributed by atoms with E-state index in [9.17, 15) is 9.59 Å². The van der Waals surface area contributed by atoms with Crippen molar-refractivity contribution in [2.24, 2.45) is 0 Å². The van der Waals surface area contributed by atoms with Crippen LogP contribution in [0.5, 0.6) is 11.5 Å². The van der Waals surface area contributed by atoms with Crippen LogP contribution in [0.2, 0.25) is 0 Å². The highest BCUT2D eigenvalue weighted by molar-refractivity contribution is 6.00.